The van der Waals surface area contributed by atoms with Crippen molar-refractivity contribution in [3.8, 4) is 0 Å². The largest absolute Gasteiger partial charge is 0.529 e. The van der Waals surface area contributed by atoms with Gasteiger partial charge in [0.1, 0.15) is 0 Å². The van der Waals surface area contributed by atoms with Crippen LogP contribution in [0.15, 0.2) is 12.1 Å². The van der Waals surface area contributed by atoms with Gasteiger partial charge in [0.05, 0.1) is 5.69 Å². The van der Waals surface area contributed by atoms with Crippen molar-refractivity contribution in [2.24, 2.45) is 0 Å². The van der Waals surface area contributed by atoms with Crippen molar-refractivity contribution in [2.45, 2.75) is 125 Å². The second-order valence-electron chi connectivity index (χ2n) is 11.8. The molecule has 1 aromatic rings. The van der Waals surface area contributed by atoms with Crippen LogP contribution < -0.4 is 9.41 Å². The van der Waals surface area contributed by atoms with E-state index < -0.39 is 27.1 Å². The van der Waals surface area contributed by atoms with Crippen molar-refractivity contribution in [1.29, 1.82) is 0 Å². The van der Waals surface area contributed by atoms with E-state index >= 15 is 0 Å². The predicted molar refractivity (Wildman–Crippen MR) is 145 cm³/mol. The fourth-order valence-electron chi connectivity index (χ4n) is 4.33. The van der Waals surface area contributed by atoms with Crippen LogP contribution in [0.25, 0.3) is 0 Å². The Morgan fingerprint density at radius 3 is 1.51 bits per heavy atom. The Hall–Kier alpha value is -1.60. The molecule has 0 aromatic heterocycles. The highest BCUT2D eigenvalue weighted by atomic mass is 32.2. The third-order valence-corrected chi connectivity index (χ3v) is 8.13. The lowest BCUT2D eigenvalue weighted by atomic mass is 9.77. The standard InChI is InChI=1S/C28H50N2O4S/c1-10-12-14-16-18-29(19-17-15-13-11-2)35(33,34)30(26(31)32)25-23(27(4,5)6)20-22(3)21-24(25)28(7,8)9/h20-21H,10-19H2,1-9H3,(H,31,32)/p-1. The Kier molecular flexibility index (Phi) is 11.8. The van der Waals surface area contributed by atoms with Gasteiger partial charge in [0, 0.05) is 13.1 Å². The molecule has 0 bridgehead atoms. The fourth-order valence-corrected chi connectivity index (χ4v) is 5.90. The van der Waals surface area contributed by atoms with Crippen LogP contribution in [0, 0.1) is 6.92 Å². The van der Waals surface area contributed by atoms with E-state index in [0.717, 1.165) is 44.1 Å². The molecule has 0 atom stereocenters. The molecular formula is C28H49N2O4S-. The van der Waals surface area contributed by atoms with Gasteiger partial charge in [-0.1, -0.05) is 112 Å². The van der Waals surface area contributed by atoms with Crippen molar-refractivity contribution in [3.63, 3.8) is 0 Å². The first-order valence-corrected chi connectivity index (χ1v) is 14.7. The molecule has 0 saturated heterocycles. The molecule has 0 saturated carbocycles. The van der Waals surface area contributed by atoms with E-state index in [9.17, 15) is 18.3 Å². The number of carbonyl (C=O) groups excluding carboxylic acids is 1. The van der Waals surface area contributed by atoms with Gasteiger partial charge in [-0.2, -0.15) is 12.7 Å². The van der Waals surface area contributed by atoms with Gasteiger partial charge in [-0.25, -0.2) is 4.31 Å². The van der Waals surface area contributed by atoms with E-state index in [-0.39, 0.29) is 5.69 Å². The van der Waals surface area contributed by atoms with E-state index in [1.165, 1.54) is 4.31 Å². The van der Waals surface area contributed by atoms with Crippen molar-refractivity contribution in [3.05, 3.63) is 28.8 Å². The number of anilines is 1. The summed E-state index contributed by atoms with van der Waals surface area (Å²) in [7, 11) is -4.36. The number of benzene rings is 1. The molecule has 35 heavy (non-hydrogen) atoms. The van der Waals surface area contributed by atoms with Crippen LogP contribution in [-0.2, 0) is 21.0 Å². The third kappa shape index (κ3) is 8.78. The summed E-state index contributed by atoms with van der Waals surface area (Å²) in [6.45, 7) is 18.6. The zero-order chi connectivity index (χ0) is 27.0. The van der Waals surface area contributed by atoms with Gasteiger partial charge < -0.3 is 9.90 Å². The summed E-state index contributed by atoms with van der Waals surface area (Å²) < 4.78 is 30.1. The molecule has 1 rings (SSSR count). The van der Waals surface area contributed by atoms with Crippen molar-refractivity contribution in [1.82, 2.24) is 4.31 Å². The second-order valence-corrected chi connectivity index (χ2v) is 13.5. The zero-order valence-electron chi connectivity index (χ0n) is 23.7. The van der Waals surface area contributed by atoms with E-state index in [1.54, 1.807) is 0 Å². The monoisotopic (exact) mass is 509 g/mol. The highest BCUT2D eigenvalue weighted by molar-refractivity contribution is 7.91. The summed E-state index contributed by atoms with van der Waals surface area (Å²) in [5, 5.41) is 12.7. The van der Waals surface area contributed by atoms with E-state index in [4.69, 9.17) is 0 Å². The molecule has 0 unspecified atom stereocenters. The lowest BCUT2D eigenvalue weighted by Crippen LogP contribution is -2.53. The number of aryl methyl sites for hydroxylation is 1. The SMILES string of the molecule is CCCCCCN(CCCCCC)S(=O)(=O)N(C(=O)[O-])c1c(C(C)(C)C)cc(C)cc1C(C)(C)C. The molecule has 0 radical (unpaired) electrons. The number of rotatable bonds is 13. The van der Waals surface area contributed by atoms with Crippen LogP contribution in [0.4, 0.5) is 10.5 Å². The Balaban J connectivity index is 3.73. The first kappa shape index (κ1) is 31.4. The van der Waals surface area contributed by atoms with E-state index in [0.29, 0.717) is 41.4 Å². The summed E-state index contributed by atoms with van der Waals surface area (Å²) in [5.74, 6) is 0. The lowest BCUT2D eigenvalue weighted by molar-refractivity contribution is -0.244. The highest BCUT2D eigenvalue weighted by Crippen LogP contribution is 2.42. The minimum absolute atomic E-state index is 0.225. The maximum absolute atomic E-state index is 14.1. The van der Waals surface area contributed by atoms with Gasteiger partial charge in [0.2, 0.25) is 0 Å². The molecule has 1 amide bonds. The van der Waals surface area contributed by atoms with Crippen molar-refractivity contribution >= 4 is 22.0 Å². The average Bonchev–Trinajstić information content (AvgIpc) is 2.71. The first-order valence-electron chi connectivity index (χ1n) is 13.3. The molecule has 6 nitrogen and oxygen atoms in total. The van der Waals surface area contributed by atoms with Crippen LogP contribution in [0.2, 0.25) is 0 Å². The van der Waals surface area contributed by atoms with Gasteiger partial charge in [-0.3, -0.25) is 0 Å². The molecule has 0 aliphatic carbocycles. The van der Waals surface area contributed by atoms with Crippen LogP contribution in [0.1, 0.15) is 123 Å². The normalized spacial score (nSPS) is 12.9. The Morgan fingerprint density at radius 2 is 1.20 bits per heavy atom. The van der Waals surface area contributed by atoms with Gasteiger partial charge >= 0.3 is 10.2 Å². The maximum atomic E-state index is 14.1. The average molecular weight is 510 g/mol. The topological polar surface area (TPSA) is 80.8 Å². The number of amides is 1. The molecule has 0 fully saturated rings. The summed E-state index contributed by atoms with van der Waals surface area (Å²) in [4.78, 5) is 12.7. The smallest absolute Gasteiger partial charge is 0.309 e. The van der Waals surface area contributed by atoms with Gasteiger partial charge in [0.25, 0.3) is 0 Å². The fraction of sp³-hybridized carbons (Fsp3) is 0.750. The van der Waals surface area contributed by atoms with Crippen LogP contribution in [0.5, 0.6) is 0 Å². The summed E-state index contributed by atoms with van der Waals surface area (Å²) in [5.41, 5.74) is 1.62. The summed E-state index contributed by atoms with van der Waals surface area (Å²) in [6.07, 6.45) is 5.65. The Morgan fingerprint density at radius 1 is 0.800 bits per heavy atom. The minimum atomic E-state index is -4.36. The molecule has 202 valence electrons. The van der Waals surface area contributed by atoms with E-state index in [1.807, 2.05) is 60.6 Å². The van der Waals surface area contributed by atoms with Gasteiger partial charge in [-0.15, -0.1) is 0 Å². The van der Waals surface area contributed by atoms with Crippen molar-refractivity contribution in [2.75, 3.05) is 17.4 Å². The van der Waals surface area contributed by atoms with Gasteiger partial charge in [-0.05, 0) is 41.7 Å². The molecule has 0 aliphatic heterocycles. The number of hydrogen-bond donors (Lipinski definition) is 0. The lowest BCUT2D eigenvalue weighted by Gasteiger charge is -2.38. The molecule has 0 aliphatic rings. The first-order chi connectivity index (χ1) is 16.1. The minimum Gasteiger partial charge on any atom is -0.529 e. The number of nitrogens with zero attached hydrogens (tertiary/aromatic N) is 2. The van der Waals surface area contributed by atoms with Crippen molar-refractivity contribution < 1.29 is 18.3 Å². The molecule has 7 heteroatoms. The number of carboxylic acid groups (broad SMARTS) is 1. The van der Waals surface area contributed by atoms with Crippen LogP contribution >= 0.6 is 0 Å². The number of unbranched alkanes of at least 4 members (excludes halogenated alkanes) is 6. The third-order valence-electron chi connectivity index (χ3n) is 6.32. The number of hydrogen-bond acceptors (Lipinski definition) is 4. The summed E-state index contributed by atoms with van der Waals surface area (Å²) in [6, 6.07) is 3.81. The Bertz CT molecular complexity index is 880. The van der Waals surface area contributed by atoms with E-state index in [2.05, 4.69) is 13.8 Å². The zero-order valence-corrected chi connectivity index (χ0v) is 24.5. The molecule has 0 N–H and O–H groups in total. The quantitative estimate of drug-likeness (QED) is 0.286. The van der Waals surface area contributed by atoms with Crippen LogP contribution in [0.3, 0.4) is 0 Å². The maximum Gasteiger partial charge on any atom is 0.309 e. The molecule has 1 aromatic carbocycles. The second kappa shape index (κ2) is 13.1. The molecule has 0 heterocycles. The van der Waals surface area contributed by atoms with Crippen LogP contribution in [-0.4, -0.2) is 31.9 Å². The Labute approximate surface area is 215 Å². The molecular weight excluding hydrogens is 460 g/mol. The summed E-state index contributed by atoms with van der Waals surface area (Å²) >= 11 is 0. The molecule has 0 spiro atoms. The number of carbonyl (C=O) groups is 1. The highest BCUT2D eigenvalue weighted by Gasteiger charge is 2.37. The van der Waals surface area contributed by atoms with Gasteiger partial charge in [0.15, 0.2) is 6.09 Å². The predicted octanol–water partition coefficient (Wildman–Crippen LogP) is 6.45.